The third-order valence-corrected chi connectivity index (χ3v) is 10.4. The molecule has 290 valence electrons. The predicted octanol–water partition coefficient (Wildman–Crippen LogP) is 15.3. The first-order valence-corrected chi connectivity index (χ1v) is 22.0. The van der Waals surface area contributed by atoms with Crippen LogP contribution < -0.4 is 0 Å². The fraction of sp³-hybridized carbons (Fsp3) is 0.804. The van der Waals surface area contributed by atoms with Gasteiger partial charge in [-0.25, -0.2) is 4.79 Å². The van der Waals surface area contributed by atoms with Crippen molar-refractivity contribution in [2.24, 2.45) is 0 Å². The Bertz CT molecular complexity index is 894. The summed E-state index contributed by atoms with van der Waals surface area (Å²) in [6.45, 7) is 2.75. The summed E-state index contributed by atoms with van der Waals surface area (Å²) in [4.78, 5) is 11.8. The fourth-order valence-corrected chi connectivity index (χ4v) is 7.04. The summed E-state index contributed by atoms with van der Waals surface area (Å²) in [5, 5.41) is 18.8. The smallest absolute Gasteiger partial charge is 0.330 e. The average Bonchev–Trinajstić information content (AvgIpc) is 3.12. The van der Waals surface area contributed by atoms with Crippen LogP contribution in [0.4, 0.5) is 0 Å². The Hall–Kier alpha value is -1.97. The van der Waals surface area contributed by atoms with Crippen LogP contribution in [0.25, 0.3) is 6.08 Å². The summed E-state index contributed by atoms with van der Waals surface area (Å²) < 4.78 is 5.25. The zero-order valence-electron chi connectivity index (χ0n) is 33.1. The first-order chi connectivity index (χ1) is 24.6. The van der Waals surface area contributed by atoms with E-state index in [0.717, 1.165) is 12.8 Å². The van der Waals surface area contributed by atoms with Crippen LogP contribution >= 0.6 is 0 Å². The van der Waals surface area contributed by atoms with Gasteiger partial charge in [0.05, 0.1) is 6.61 Å². The van der Waals surface area contributed by atoms with Crippen molar-refractivity contribution in [2.75, 3.05) is 6.61 Å². The topological polar surface area (TPSA) is 66.8 Å². The van der Waals surface area contributed by atoms with E-state index >= 15 is 0 Å². The molecule has 0 saturated heterocycles. The summed E-state index contributed by atoms with van der Waals surface area (Å²) in [6.07, 6.45) is 52.2. The molecule has 0 aliphatic carbocycles. The number of hydrogen-bond acceptors (Lipinski definition) is 4. The molecule has 4 heteroatoms. The van der Waals surface area contributed by atoms with Crippen molar-refractivity contribution in [3.63, 3.8) is 0 Å². The summed E-state index contributed by atoms with van der Waals surface area (Å²) in [5.74, 6) is -0.752. The number of carbonyl (C=O) groups excluding carboxylic acids is 1. The molecule has 0 radical (unpaired) electrons. The van der Waals surface area contributed by atoms with Gasteiger partial charge in [-0.15, -0.1) is 0 Å². The Kier molecular flexibility index (Phi) is 33.9. The summed E-state index contributed by atoms with van der Waals surface area (Å²) in [5.41, 5.74) is 0.638. The molecule has 1 rings (SSSR count). The Balaban J connectivity index is 1.67. The van der Waals surface area contributed by atoms with Crippen molar-refractivity contribution in [1.29, 1.82) is 0 Å². The lowest BCUT2D eigenvalue weighted by atomic mass is 10.0. The van der Waals surface area contributed by atoms with Gasteiger partial charge in [0, 0.05) is 6.08 Å². The van der Waals surface area contributed by atoms with Crippen LogP contribution in [0.5, 0.6) is 11.5 Å². The third-order valence-electron chi connectivity index (χ3n) is 10.4. The van der Waals surface area contributed by atoms with Crippen molar-refractivity contribution >= 4 is 12.0 Å². The number of aromatic hydroxyl groups is 2. The molecule has 0 bridgehead atoms. The average molecular weight is 699 g/mol. The van der Waals surface area contributed by atoms with E-state index in [4.69, 9.17) is 4.74 Å². The molecule has 0 amide bonds. The molecule has 0 atom stereocenters. The fourth-order valence-electron chi connectivity index (χ4n) is 7.04. The van der Waals surface area contributed by atoms with Crippen molar-refractivity contribution < 1.29 is 19.7 Å². The molecular formula is C46H82O4. The highest BCUT2D eigenvalue weighted by molar-refractivity contribution is 5.87. The van der Waals surface area contributed by atoms with Gasteiger partial charge in [-0.2, -0.15) is 0 Å². The van der Waals surface area contributed by atoms with Crippen molar-refractivity contribution in [3.05, 3.63) is 29.8 Å². The molecule has 1 aromatic carbocycles. The van der Waals surface area contributed by atoms with Gasteiger partial charge in [-0.05, 0) is 30.2 Å². The highest BCUT2D eigenvalue weighted by Gasteiger charge is 2.01. The molecule has 0 saturated carbocycles. The molecule has 0 unspecified atom stereocenters. The zero-order chi connectivity index (χ0) is 36.0. The summed E-state index contributed by atoms with van der Waals surface area (Å²) in [6, 6.07) is 4.43. The minimum atomic E-state index is -0.376. The van der Waals surface area contributed by atoms with E-state index < -0.39 is 0 Å². The third kappa shape index (κ3) is 32.0. The van der Waals surface area contributed by atoms with E-state index in [9.17, 15) is 15.0 Å². The van der Waals surface area contributed by atoms with Gasteiger partial charge in [0.15, 0.2) is 11.5 Å². The van der Waals surface area contributed by atoms with Gasteiger partial charge in [0.2, 0.25) is 0 Å². The zero-order valence-corrected chi connectivity index (χ0v) is 33.1. The van der Waals surface area contributed by atoms with Crippen LogP contribution in [0, 0.1) is 0 Å². The summed E-state index contributed by atoms with van der Waals surface area (Å²) in [7, 11) is 0. The van der Waals surface area contributed by atoms with E-state index in [1.807, 2.05) is 0 Å². The van der Waals surface area contributed by atoms with Crippen LogP contribution in [0.1, 0.15) is 237 Å². The van der Waals surface area contributed by atoms with Crippen molar-refractivity contribution in [2.45, 2.75) is 232 Å². The number of ether oxygens (including phenoxy) is 1. The van der Waals surface area contributed by atoms with Crippen molar-refractivity contribution in [3.8, 4) is 11.5 Å². The monoisotopic (exact) mass is 699 g/mol. The maximum absolute atomic E-state index is 11.8. The van der Waals surface area contributed by atoms with E-state index in [1.54, 1.807) is 12.1 Å². The number of benzene rings is 1. The molecule has 0 aromatic heterocycles. The molecular weight excluding hydrogens is 617 g/mol. The first kappa shape index (κ1) is 46.1. The molecule has 0 heterocycles. The Morgan fingerprint density at radius 3 is 1.06 bits per heavy atom. The lowest BCUT2D eigenvalue weighted by Gasteiger charge is -2.05. The molecule has 0 fully saturated rings. The Labute approximate surface area is 310 Å². The van der Waals surface area contributed by atoms with Gasteiger partial charge in [0.25, 0.3) is 0 Å². The van der Waals surface area contributed by atoms with Gasteiger partial charge in [0.1, 0.15) is 0 Å². The maximum atomic E-state index is 11.8. The van der Waals surface area contributed by atoms with E-state index in [1.165, 1.54) is 230 Å². The Morgan fingerprint density at radius 2 is 0.760 bits per heavy atom. The van der Waals surface area contributed by atoms with Gasteiger partial charge in [-0.1, -0.05) is 231 Å². The first-order valence-electron chi connectivity index (χ1n) is 22.0. The predicted molar refractivity (Wildman–Crippen MR) is 217 cm³/mol. The Morgan fingerprint density at radius 1 is 0.460 bits per heavy atom. The second-order valence-electron chi connectivity index (χ2n) is 15.3. The second kappa shape index (κ2) is 36.8. The summed E-state index contributed by atoms with van der Waals surface area (Å²) >= 11 is 0. The minimum Gasteiger partial charge on any atom is -0.504 e. The highest BCUT2D eigenvalue weighted by atomic mass is 16.5. The van der Waals surface area contributed by atoms with E-state index in [2.05, 4.69) is 6.92 Å². The quantitative estimate of drug-likeness (QED) is 0.0312. The molecule has 0 aliphatic rings. The van der Waals surface area contributed by atoms with Crippen LogP contribution in [0.2, 0.25) is 0 Å². The lowest BCUT2D eigenvalue weighted by Crippen LogP contribution is -2.02. The van der Waals surface area contributed by atoms with Gasteiger partial charge >= 0.3 is 5.97 Å². The second-order valence-corrected chi connectivity index (χ2v) is 15.3. The number of esters is 1. The van der Waals surface area contributed by atoms with Gasteiger partial charge < -0.3 is 14.9 Å². The lowest BCUT2D eigenvalue weighted by molar-refractivity contribution is -0.137. The number of phenols is 2. The number of carbonyl (C=O) groups is 1. The minimum absolute atomic E-state index is 0.174. The molecule has 50 heavy (non-hydrogen) atoms. The van der Waals surface area contributed by atoms with Crippen LogP contribution in [-0.4, -0.2) is 22.8 Å². The molecule has 0 spiro atoms. The van der Waals surface area contributed by atoms with E-state index in [0.29, 0.717) is 12.2 Å². The van der Waals surface area contributed by atoms with Gasteiger partial charge in [-0.3, -0.25) is 0 Å². The standard InChI is InChI=1S/C46H82O4/c1-2-3-4-5-6-7-8-9-10-11-12-13-14-15-16-17-18-19-20-21-22-23-24-25-26-27-28-29-30-31-32-33-34-35-36-41-50-46(49)40-38-43-37-39-44(47)45(48)42-43/h37-40,42,47-48H,2-36,41H2,1H3/b40-38+. The van der Waals surface area contributed by atoms with E-state index in [-0.39, 0.29) is 17.5 Å². The number of phenolic OH excluding ortho intramolecular Hbond substituents is 2. The molecule has 2 N–H and O–H groups in total. The molecule has 0 aliphatic heterocycles. The molecule has 4 nitrogen and oxygen atoms in total. The maximum Gasteiger partial charge on any atom is 0.330 e. The number of unbranched alkanes of at least 4 members (excludes halogenated alkanes) is 34. The van der Waals surface area contributed by atoms with Crippen LogP contribution in [0.15, 0.2) is 24.3 Å². The number of rotatable bonds is 38. The van der Waals surface area contributed by atoms with Crippen LogP contribution in [0.3, 0.4) is 0 Å². The molecule has 1 aromatic rings. The van der Waals surface area contributed by atoms with Crippen LogP contribution in [-0.2, 0) is 9.53 Å². The highest BCUT2D eigenvalue weighted by Crippen LogP contribution is 2.25. The number of hydrogen-bond donors (Lipinski definition) is 2. The van der Waals surface area contributed by atoms with Crippen molar-refractivity contribution in [1.82, 2.24) is 0 Å². The SMILES string of the molecule is CCCCCCCCCCCCCCCCCCCCCCCCCCCCCCCCCCCCCOC(=O)/C=C/c1ccc(O)c(O)c1. The normalized spacial score (nSPS) is 11.5. The largest absolute Gasteiger partial charge is 0.504 e.